The van der Waals surface area contributed by atoms with Crippen molar-refractivity contribution in [3.05, 3.63) is 15.8 Å². The fourth-order valence-corrected chi connectivity index (χ4v) is 1.39. The first-order valence-corrected chi connectivity index (χ1v) is 5.23. The Morgan fingerprint density at radius 1 is 1.54 bits per heavy atom. The van der Waals surface area contributed by atoms with Crippen LogP contribution in [0.3, 0.4) is 0 Å². The lowest BCUT2D eigenvalue weighted by molar-refractivity contribution is 0.297. The van der Waals surface area contributed by atoms with Gasteiger partial charge in [-0.3, -0.25) is 0 Å². The molecule has 2 rings (SSSR count). The molecule has 0 spiro atoms. The molecule has 70 valence electrons. The third-order valence-corrected chi connectivity index (χ3v) is 2.63. The van der Waals surface area contributed by atoms with E-state index in [2.05, 4.69) is 27.6 Å². The largest absolute Gasteiger partial charge is 0.489 e. The minimum atomic E-state index is 0.417. The summed E-state index contributed by atoms with van der Waals surface area (Å²) in [6, 6.07) is 1.83. The molecule has 0 N–H and O–H groups in total. The maximum absolute atomic E-state index is 5.67. The van der Waals surface area contributed by atoms with E-state index in [1.54, 1.807) is 13.3 Å². The maximum atomic E-state index is 5.67. The van der Waals surface area contributed by atoms with Crippen molar-refractivity contribution in [3.8, 4) is 11.6 Å². The minimum absolute atomic E-state index is 0.417. The van der Waals surface area contributed by atoms with E-state index in [9.17, 15) is 0 Å². The average molecular weight is 291 g/mol. The van der Waals surface area contributed by atoms with Crippen molar-refractivity contribution in [2.75, 3.05) is 7.11 Å². The quantitative estimate of drug-likeness (QED) is 0.800. The second-order valence-corrected chi connectivity index (χ2v) is 4.14. The topological polar surface area (TPSA) is 31.4 Å². The highest BCUT2D eigenvalue weighted by Crippen LogP contribution is 2.31. The van der Waals surface area contributed by atoms with Crippen LogP contribution in [-0.2, 0) is 0 Å². The van der Waals surface area contributed by atoms with Crippen LogP contribution in [0.1, 0.15) is 12.8 Å². The van der Waals surface area contributed by atoms with Crippen LogP contribution in [0.15, 0.2) is 12.3 Å². The highest BCUT2D eigenvalue weighted by Gasteiger charge is 2.24. The van der Waals surface area contributed by atoms with Gasteiger partial charge in [0.15, 0.2) is 0 Å². The number of ether oxygens (including phenoxy) is 2. The highest BCUT2D eigenvalue weighted by molar-refractivity contribution is 14.1. The summed E-state index contributed by atoms with van der Waals surface area (Å²) in [6.07, 6.45) is 4.51. The van der Waals surface area contributed by atoms with Gasteiger partial charge in [-0.05, 0) is 35.4 Å². The van der Waals surface area contributed by atoms with Crippen molar-refractivity contribution in [1.82, 2.24) is 4.98 Å². The number of halogens is 1. The van der Waals surface area contributed by atoms with Gasteiger partial charge in [-0.25, -0.2) is 4.98 Å². The molecule has 1 aromatic heterocycles. The van der Waals surface area contributed by atoms with Crippen molar-refractivity contribution in [1.29, 1.82) is 0 Å². The normalized spacial score (nSPS) is 15.5. The zero-order valence-electron chi connectivity index (χ0n) is 7.29. The number of aromatic nitrogens is 1. The third-order valence-electron chi connectivity index (χ3n) is 1.82. The van der Waals surface area contributed by atoms with E-state index in [1.807, 2.05) is 6.07 Å². The molecule has 0 atom stereocenters. The Morgan fingerprint density at radius 3 is 2.92 bits per heavy atom. The van der Waals surface area contributed by atoms with Crippen molar-refractivity contribution in [3.63, 3.8) is 0 Å². The molecule has 1 heterocycles. The van der Waals surface area contributed by atoms with Gasteiger partial charge in [-0.1, -0.05) is 0 Å². The summed E-state index contributed by atoms with van der Waals surface area (Å²) in [5.41, 5.74) is 0. The van der Waals surface area contributed by atoms with Crippen molar-refractivity contribution >= 4 is 22.6 Å². The molecule has 1 saturated carbocycles. The molecule has 0 amide bonds. The van der Waals surface area contributed by atoms with E-state index in [-0.39, 0.29) is 0 Å². The summed E-state index contributed by atoms with van der Waals surface area (Å²) >= 11 is 2.21. The number of hydrogen-bond donors (Lipinski definition) is 0. The number of hydrogen-bond acceptors (Lipinski definition) is 3. The van der Waals surface area contributed by atoms with Crippen LogP contribution in [0.25, 0.3) is 0 Å². The van der Waals surface area contributed by atoms with Gasteiger partial charge in [0.2, 0.25) is 5.88 Å². The van der Waals surface area contributed by atoms with Crippen molar-refractivity contribution < 1.29 is 9.47 Å². The van der Waals surface area contributed by atoms with E-state index in [0.29, 0.717) is 12.0 Å². The van der Waals surface area contributed by atoms with E-state index in [0.717, 1.165) is 9.32 Å². The third kappa shape index (κ3) is 2.24. The Bertz CT molecular complexity index is 312. The predicted octanol–water partition coefficient (Wildman–Crippen LogP) is 2.24. The first kappa shape index (κ1) is 9.05. The first-order valence-electron chi connectivity index (χ1n) is 4.16. The molecule has 1 aromatic rings. The summed E-state index contributed by atoms with van der Waals surface area (Å²) in [6.45, 7) is 0. The van der Waals surface area contributed by atoms with Crippen LogP contribution < -0.4 is 9.47 Å². The number of nitrogens with zero attached hydrogens (tertiary/aromatic N) is 1. The van der Waals surface area contributed by atoms with Crippen LogP contribution in [0.4, 0.5) is 0 Å². The van der Waals surface area contributed by atoms with Gasteiger partial charge in [0, 0.05) is 12.3 Å². The molecule has 13 heavy (non-hydrogen) atoms. The van der Waals surface area contributed by atoms with Gasteiger partial charge >= 0.3 is 0 Å². The molecular formula is C9H10INO2. The maximum Gasteiger partial charge on any atom is 0.216 e. The number of methoxy groups -OCH3 is 1. The predicted molar refractivity (Wildman–Crippen MR) is 57.2 cm³/mol. The summed E-state index contributed by atoms with van der Waals surface area (Å²) < 4.78 is 11.7. The summed E-state index contributed by atoms with van der Waals surface area (Å²) in [4.78, 5) is 4.08. The van der Waals surface area contributed by atoms with Gasteiger partial charge in [0.1, 0.15) is 5.75 Å². The first-order chi connectivity index (χ1) is 6.29. The molecule has 4 heteroatoms. The smallest absolute Gasteiger partial charge is 0.216 e. The number of pyridine rings is 1. The lowest BCUT2D eigenvalue weighted by Gasteiger charge is -2.07. The van der Waals surface area contributed by atoms with Gasteiger partial charge in [-0.2, -0.15) is 0 Å². The molecule has 0 radical (unpaired) electrons. The van der Waals surface area contributed by atoms with Gasteiger partial charge in [0.05, 0.1) is 16.8 Å². The standard InChI is InChI=1S/C9H10INO2/c1-12-9-4-8(7(10)5-11-9)13-6-2-3-6/h4-6H,2-3H2,1H3. The molecule has 3 nitrogen and oxygen atoms in total. The molecule has 1 aliphatic carbocycles. The van der Waals surface area contributed by atoms with E-state index < -0.39 is 0 Å². The summed E-state index contributed by atoms with van der Waals surface area (Å²) in [7, 11) is 1.61. The Morgan fingerprint density at radius 2 is 2.31 bits per heavy atom. The van der Waals surface area contributed by atoms with E-state index >= 15 is 0 Å². The fraction of sp³-hybridized carbons (Fsp3) is 0.444. The summed E-state index contributed by atoms with van der Waals surface area (Å²) in [5.74, 6) is 1.49. The second kappa shape index (κ2) is 3.69. The molecule has 1 aliphatic rings. The monoisotopic (exact) mass is 291 g/mol. The Hall–Kier alpha value is -0.520. The fourth-order valence-electron chi connectivity index (χ4n) is 0.970. The molecule has 0 unspecified atom stereocenters. The van der Waals surface area contributed by atoms with Crippen LogP contribution in [0.5, 0.6) is 11.6 Å². The van der Waals surface area contributed by atoms with Crippen LogP contribution >= 0.6 is 22.6 Å². The van der Waals surface area contributed by atoms with Gasteiger partial charge in [-0.15, -0.1) is 0 Å². The van der Waals surface area contributed by atoms with Crippen molar-refractivity contribution in [2.45, 2.75) is 18.9 Å². The molecule has 0 saturated heterocycles. The zero-order chi connectivity index (χ0) is 9.26. The molecule has 1 fully saturated rings. The molecule has 0 aliphatic heterocycles. The zero-order valence-corrected chi connectivity index (χ0v) is 9.45. The lowest BCUT2D eigenvalue weighted by Crippen LogP contribution is -1.99. The number of rotatable bonds is 3. The molecular weight excluding hydrogens is 281 g/mol. The van der Waals surface area contributed by atoms with Crippen LogP contribution in [0, 0.1) is 3.57 Å². The van der Waals surface area contributed by atoms with Gasteiger partial charge < -0.3 is 9.47 Å². The lowest BCUT2D eigenvalue weighted by atomic mass is 10.4. The SMILES string of the molecule is COc1cc(OC2CC2)c(I)cn1. The molecule has 0 bridgehead atoms. The van der Waals surface area contributed by atoms with E-state index in [1.165, 1.54) is 12.8 Å². The van der Waals surface area contributed by atoms with Crippen molar-refractivity contribution in [2.24, 2.45) is 0 Å². The van der Waals surface area contributed by atoms with Gasteiger partial charge in [0.25, 0.3) is 0 Å². The summed E-state index contributed by atoms with van der Waals surface area (Å²) in [5, 5.41) is 0. The second-order valence-electron chi connectivity index (χ2n) is 2.97. The van der Waals surface area contributed by atoms with Crippen LogP contribution in [0.2, 0.25) is 0 Å². The highest BCUT2D eigenvalue weighted by atomic mass is 127. The Kier molecular flexibility index (Phi) is 2.57. The minimum Gasteiger partial charge on any atom is -0.489 e. The van der Waals surface area contributed by atoms with Crippen LogP contribution in [-0.4, -0.2) is 18.2 Å². The average Bonchev–Trinajstić information content (AvgIpc) is 2.93. The Labute approximate surface area is 90.6 Å². The Balaban J connectivity index is 2.19. The molecule has 0 aromatic carbocycles. The van der Waals surface area contributed by atoms with E-state index in [4.69, 9.17) is 9.47 Å².